The zero-order valence-electron chi connectivity index (χ0n) is 14.7. The Balaban J connectivity index is 2.16. The van der Waals surface area contributed by atoms with Crippen molar-refractivity contribution in [2.75, 3.05) is 6.61 Å². The van der Waals surface area contributed by atoms with Crippen LogP contribution in [-0.4, -0.2) is 29.4 Å². The molecule has 0 radical (unpaired) electrons. The lowest BCUT2D eigenvalue weighted by Crippen LogP contribution is -2.22. The summed E-state index contributed by atoms with van der Waals surface area (Å²) < 4.78 is 8.83. The maximum Gasteiger partial charge on any atom is 0.139 e. The van der Waals surface area contributed by atoms with Crippen LogP contribution in [0.2, 0.25) is 25.7 Å². The maximum absolute atomic E-state index is 5.86. The van der Waals surface area contributed by atoms with Crippen molar-refractivity contribution in [3.63, 3.8) is 0 Å². The summed E-state index contributed by atoms with van der Waals surface area (Å²) >= 11 is 3.69. The lowest BCUT2D eigenvalue weighted by molar-refractivity contribution is 0.0767. The number of aryl methyl sites for hydroxylation is 1. The number of hydrogen-bond donors (Lipinski definition) is 0. The lowest BCUT2D eigenvalue weighted by atomic mass is 10.2. The summed E-state index contributed by atoms with van der Waals surface area (Å²) in [5, 5.41) is 4.72. The second-order valence-corrected chi connectivity index (χ2v) is 13.4. The van der Waals surface area contributed by atoms with Gasteiger partial charge in [0.1, 0.15) is 12.4 Å². The molecule has 2 rings (SSSR count). The van der Waals surface area contributed by atoms with Crippen molar-refractivity contribution in [3.05, 3.63) is 34.1 Å². The molecule has 0 aliphatic rings. The smallest absolute Gasteiger partial charge is 0.139 e. The molecule has 126 valence electrons. The first-order valence-electron chi connectivity index (χ1n) is 8.09. The van der Waals surface area contributed by atoms with Crippen molar-refractivity contribution in [3.8, 4) is 11.4 Å². The van der Waals surface area contributed by atoms with E-state index in [0.29, 0.717) is 6.73 Å². The minimum atomic E-state index is -1.06. The van der Waals surface area contributed by atoms with E-state index in [4.69, 9.17) is 9.84 Å². The molecule has 0 bridgehead atoms. The van der Waals surface area contributed by atoms with Gasteiger partial charge in [0, 0.05) is 20.4 Å². The molecule has 0 saturated heterocycles. The van der Waals surface area contributed by atoms with Crippen molar-refractivity contribution in [1.29, 1.82) is 0 Å². The largest absolute Gasteiger partial charge is 0.360 e. The zero-order chi connectivity index (χ0) is 17.0. The fraction of sp³-hybridized carbons (Fsp3) is 0.529. The molecule has 0 saturated carbocycles. The molecule has 0 aromatic carbocycles. The van der Waals surface area contributed by atoms with Gasteiger partial charge in [-0.2, -0.15) is 5.10 Å². The van der Waals surface area contributed by atoms with Crippen LogP contribution in [0.25, 0.3) is 11.4 Å². The third-order valence-electron chi connectivity index (χ3n) is 3.67. The van der Waals surface area contributed by atoms with E-state index in [1.807, 2.05) is 29.8 Å². The van der Waals surface area contributed by atoms with Gasteiger partial charge in [-0.05, 0) is 47.5 Å². The predicted molar refractivity (Wildman–Crippen MR) is 101 cm³/mol. The van der Waals surface area contributed by atoms with Crippen molar-refractivity contribution < 1.29 is 4.74 Å². The van der Waals surface area contributed by atoms with Gasteiger partial charge in [0.15, 0.2) is 0 Å². The second kappa shape index (κ2) is 7.72. The summed E-state index contributed by atoms with van der Waals surface area (Å²) in [6.45, 7) is 12.5. The highest BCUT2D eigenvalue weighted by atomic mass is 79.9. The zero-order valence-corrected chi connectivity index (χ0v) is 17.3. The molecule has 23 heavy (non-hydrogen) atoms. The van der Waals surface area contributed by atoms with Crippen molar-refractivity contribution in [2.45, 2.75) is 52.7 Å². The Hall–Kier alpha value is -0.983. The molecule has 2 heterocycles. The van der Waals surface area contributed by atoms with E-state index in [-0.39, 0.29) is 0 Å². The average Bonchev–Trinajstić information content (AvgIpc) is 2.79. The van der Waals surface area contributed by atoms with Crippen molar-refractivity contribution >= 4 is 24.0 Å². The summed E-state index contributed by atoms with van der Waals surface area (Å²) in [5.74, 6) is 0. The highest BCUT2D eigenvalue weighted by Gasteiger charge is 2.17. The van der Waals surface area contributed by atoms with E-state index < -0.39 is 8.07 Å². The van der Waals surface area contributed by atoms with Gasteiger partial charge in [-0.3, -0.25) is 4.98 Å². The van der Waals surface area contributed by atoms with Gasteiger partial charge in [-0.1, -0.05) is 32.6 Å². The molecule has 0 atom stereocenters. The Morgan fingerprint density at radius 3 is 2.61 bits per heavy atom. The van der Waals surface area contributed by atoms with Gasteiger partial charge in [0.25, 0.3) is 0 Å². The lowest BCUT2D eigenvalue weighted by Gasteiger charge is -2.15. The Kier molecular flexibility index (Phi) is 6.17. The molecule has 0 N–H and O–H groups in total. The molecule has 0 aliphatic carbocycles. The molecule has 2 aromatic rings. The number of ether oxygens (including phenoxy) is 1. The van der Waals surface area contributed by atoms with Gasteiger partial charge in [0.2, 0.25) is 0 Å². The van der Waals surface area contributed by atoms with Crippen LogP contribution in [0.4, 0.5) is 0 Å². The van der Waals surface area contributed by atoms with Gasteiger partial charge in [0.05, 0.1) is 15.9 Å². The molecular weight excluding hydrogens is 370 g/mol. The summed E-state index contributed by atoms with van der Waals surface area (Å²) in [6, 6.07) is 7.17. The van der Waals surface area contributed by atoms with Gasteiger partial charge >= 0.3 is 0 Å². The topological polar surface area (TPSA) is 39.9 Å². The van der Waals surface area contributed by atoms with Crippen molar-refractivity contribution in [1.82, 2.24) is 14.8 Å². The molecule has 0 spiro atoms. The summed E-state index contributed by atoms with van der Waals surface area (Å²) in [7, 11) is -1.06. The van der Waals surface area contributed by atoms with Gasteiger partial charge in [-0.25, -0.2) is 4.68 Å². The molecule has 0 aliphatic heterocycles. The molecule has 0 amide bonds. The quantitative estimate of drug-likeness (QED) is 0.494. The van der Waals surface area contributed by atoms with Crippen LogP contribution in [0.15, 0.2) is 22.7 Å². The predicted octanol–water partition coefficient (Wildman–Crippen LogP) is 4.89. The maximum atomic E-state index is 5.86. The second-order valence-electron chi connectivity index (χ2n) is 6.97. The van der Waals surface area contributed by atoms with E-state index in [0.717, 1.165) is 40.3 Å². The number of aromatic nitrogens is 3. The van der Waals surface area contributed by atoms with Crippen LogP contribution in [0.3, 0.4) is 0 Å². The third kappa shape index (κ3) is 4.99. The monoisotopic (exact) mass is 395 g/mol. The molecule has 6 heteroatoms. The van der Waals surface area contributed by atoms with E-state index in [9.17, 15) is 0 Å². The number of halogens is 1. The van der Waals surface area contributed by atoms with Crippen LogP contribution in [-0.2, 0) is 17.9 Å². The Morgan fingerprint density at radius 1 is 1.26 bits per heavy atom. The van der Waals surface area contributed by atoms with E-state index in [2.05, 4.69) is 47.5 Å². The first kappa shape index (κ1) is 18.4. The Bertz CT molecular complexity index is 664. The van der Waals surface area contributed by atoms with Gasteiger partial charge < -0.3 is 4.74 Å². The number of nitrogens with zero attached hydrogens (tertiary/aromatic N) is 3. The normalized spacial score (nSPS) is 11.9. The minimum absolute atomic E-state index is 0.498. The first-order chi connectivity index (χ1) is 10.8. The highest BCUT2D eigenvalue weighted by Crippen LogP contribution is 2.30. The molecular formula is C17H26BrN3OSi. The van der Waals surface area contributed by atoms with E-state index in [1.54, 1.807) is 0 Å². The third-order valence-corrected chi connectivity index (χ3v) is 6.21. The summed E-state index contributed by atoms with van der Waals surface area (Å²) in [4.78, 5) is 4.58. The average molecular weight is 396 g/mol. The standard InChI is InChI=1S/C17H26BrN3OSi/c1-6-15-16(18)17(14-9-7-8-13(2)19-14)20-21(15)12-22-10-11-23(3,4)5/h7-9H,6,10-12H2,1-5H3. The Morgan fingerprint density at radius 2 is 2.00 bits per heavy atom. The highest BCUT2D eigenvalue weighted by molar-refractivity contribution is 9.10. The minimum Gasteiger partial charge on any atom is -0.360 e. The molecule has 4 nitrogen and oxygen atoms in total. The fourth-order valence-corrected chi connectivity index (χ4v) is 3.81. The number of hydrogen-bond acceptors (Lipinski definition) is 3. The Labute approximate surface area is 148 Å². The van der Waals surface area contributed by atoms with E-state index in [1.165, 1.54) is 6.04 Å². The van der Waals surface area contributed by atoms with Crippen LogP contribution in [0.5, 0.6) is 0 Å². The van der Waals surface area contributed by atoms with Gasteiger partial charge in [-0.15, -0.1) is 0 Å². The van der Waals surface area contributed by atoms with Crippen molar-refractivity contribution in [2.24, 2.45) is 0 Å². The summed E-state index contributed by atoms with van der Waals surface area (Å²) in [5.41, 5.74) is 3.93. The van der Waals surface area contributed by atoms with Crippen LogP contribution >= 0.6 is 15.9 Å². The molecule has 2 aromatic heterocycles. The first-order valence-corrected chi connectivity index (χ1v) is 12.6. The van der Waals surface area contributed by atoms with E-state index >= 15 is 0 Å². The van der Waals surface area contributed by atoms with Crippen LogP contribution in [0, 0.1) is 6.92 Å². The van der Waals surface area contributed by atoms with Crippen LogP contribution in [0.1, 0.15) is 18.3 Å². The van der Waals surface area contributed by atoms with Crippen LogP contribution < -0.4 is 0 Å². The molecule has 0 fully saturated rings. The summed E-state index contributed by atoms with van der Waals surface area (Å²) in [6.07, 6.45) is 0.900. The molecule has 0 unspecified atom stereocenters. The number of rotatable bonds is 7. The SMILES string of the molecule is CCc1c(Br)c(-c2cccc(C)n2)nn1COCC[Si](C)(C)C. The fourth-order valence-electron chi connectivity index (χ4n) is 2.29. The number of pyridine rings is 1.